The largest absolute Gasteiger partial charge is 0.507 e. The number of para-hydroxylation sites is 1. The number of benzene rings is 1. The summed E-state index contributed by atoms with van der Waals surface area (Å²) in [5.74, 6) is 0.424. The predicted molar refractivity (Wildman–Crippen MR) is 84.0 cm³/mol. The molecule has 0 bridgehead atoms. The first-order valence-electron chi connectivity index (χ1n) is 7.49. The van der Waals surface area contributed by atoms with E-state index in [1.807, 2.05) is 25.1 Å². The molecule has 3 nitrogen and oxygen atoms in total. The van der Waals surface area contributed by atoms with Crippen LogP contribution in [0, 0.1) is 6.92 Å². The van der Waals surface area contributed by atoms with E-state index in [1.165, 1.54) is 0 Å². The van der Waals surface area contributed by atoms with Crippen LogP contribution in [-0.2, 0) is 6.54 Å². The van der Waals surface area contributed by atoms with Gasteiger partial charge in [0.1, 0.15) is 5.75 Å². The Hall–Kier alpha value is -1.06. The molecule has 1 aromatic carbocycles. The molecule has 0 aromatic heterocycles. The van der Waals surface area contributed by atoms with E-state index in [0.29, 0.717) is 11.8 Å². The van der Waals surface area contributed by atoms with Crippen molar-refractivity contribution >= 4 is 0 Å². The summed E-state index contributed by atoms with van der Waals surface area (Å²) in [5.41, 5.74) is 2.22. The van der Waals surface area contributed by atoms with Gasteiger partial charge in [0.15, 0.2) is 0 Å². The van der Waals surface area contributed by atoms with Crippen LogP contribution >= 0.6 is 0 Å². The van der Waals surface area contributed by atoms with Crippen LogP contribution in [-0.4, -0.2) is 22.2 Å². The fourth-order valence-corrected chi connectivity index (χ4v) is 3.58. The molecule has 1 saturated heterocycles. The monoisotopic (exact) mass is 276 g/mol. The number of piperidine rings is 1. The fourth-order valence-electron chi connectivity index (χ4n) is 3.58. The second kappa shape index (κ2) is 5.38. The summed E-state index contributed by atoms with van der Waals surface area (Å²) in [7, 11) is 0. The van der Waals surface area contributed by atoms with Gasteiger partial charge in [-0.05, 0) is 53.0 Å². The van der Waals surface area contributed by atoms with Gasteiger partial charge in [0.2, 0.25) is 0 Å². The number of phenols is 1. The van der Waals surface area contributed by atoms with E-state index in [9.17, 15) is 5.11 Å². The molecule has 3 N–H and O–H groups in total. The average Bonchev–Trinajstić information content (AvgIpc) is 2.27. The third-order valence-electron chi connectivity index (χ3n) is 4.09. The molecule has 1 fully saturated rings. The van der Waals surface area contributed by atoms with Crippen LogP contribution in [0.1, 0.15) is 51.7 Å². The fraction of sp³-hybridized carbons (Fsp3) is 0.647. The van der Waals surface area contributed by atoms with Gasteiger partial charge < -0.3 is 15.7 Å². The average molecular weight is 276 g/mol. The smallest absolute Gasteiger partial charge is 0.122 e. The summed E-state index contributed by atoms with van der Waals surface area (Å²) >= 11 is 0. The number of aromatic hydroxyl groups is 1. The van der Waals surface area contributed by atoms with Crippen LogP contribution in [0.4, 0.5) is 0 Å². The molecule has 1 heterocycles. The number of hydrogen-bond donors (Lipinski definition) is 3. The molecule has 20 heavy (non-hydrogen) atoms. The van der Waals surface area contributed by atoms with Crippen LogP contribution in [0.25, 0.3) is 0 Å². The van der Waals surface area contributed by atoms with E-state index in [2.05, 4.69) is 38.3 Å². The Balaban J connectivity index is 2.02. The van der Waals surface area contributed by atoms with Gasteiger partial charge in [-0.3, -0.25) is 0 Å². The Bertz CT molecular complexity index is 464. The Labute approximate surface area is 122 Å². The van der Waals surface area contributed by atoms with E-state index < -0.39 is 0 Å². The van der Waals surface area contributed by atoms with Crippen molar-refractivity contribution in [2.24, 2.45) is 0 Å². The lowest BCUT2D eigenvalue weighted by molar-refractivity contribution is 0.145. The van der Waals surface area contributed by atoms with Gasteiger partial charge >= 0.3 is 0 Å². The van der Waals surface area contributed by atoms with Gasteiger partial charge in [0.05, 0.1) is 0 Å². The molecule has 1 aromatic rings. The SMILES string of the molecule is Cc1cccc(CNC2CC(C)(C)NC(C)(C)C2)c1O. The maximum atomic E-state index is 10.1. The number of aryl methyl sites for hydroxylation is 1. The first kappa shape index (κ1) is 15.3. The molecule has 0 unspecified atom stereocenters. The van der Waals surface area contributed by atoms with Crippen molar-refractivity contribution in [3.63, 3.8) is 0 Å². The van der Waals surface area contributed by atoms with Crippen LogP contribution < -0.4 is 10.6 Å². The van der Waals surface area contributed by atoms with Crippen molar-refractivity contribution in [1.82, 2.24) is 10.6 Å². The first-order chi connectivity index (χ1) is 9.19. The summed E-state index contributed by atoms with van der Waals surface area (Å²) in [5, 5.41) is 17.4. The minimum Gasteiger partial charge on any atom is -0.507 e. The van der Waals surface area contributed by atoms with Gasteiger partial charge in [-0.2, -0.15) is 0 Å². The second-order valence-corrected chi connectivity index (χ2v) is 7.46. The molecular formula is C17H28N2O. The van der Waals surface area contributed by atoms with E-state index in [1.54, 1.807) is 0 Å². The van der Waals surface area contributed by atoms with Crippen LogP contribution in [0.3, 0.4) is 0 Å². The van der Waals surface area contributed by atoms with Crippen molar-refractivity contribution in [2.75, 3.05) is 0 Å². The first-order valence-corrected chi connectivity index (χ1v) is 7.49. The predicted octanol–water partition coefficient (Wildman–Crippen LogP) is 3.10. The zero-order valence-corrected chi connectivity index (χ0v) is 13.4. The molecule has 0 spiro atoms. The minimum atomic E-state index is 0.147. The quantitative estimate of drug-likeness (QED) is 0.795. The normalized spacial score (nSPS) is 21.9. The number of hydrogen-bond acceptors (Lipinski definition) is 3. The molecule has 2 rings (SSSR count). The molecule has 112 valence electrons. The zero-order valence-electron chi connectivity index (χ0n) is 13.4. The van der Waals surface area contributed by atoms with Gasteiger partial charge in [-0.25, -0.2) is 0 Å². The third-order valence-corrected chi connectivity index (χ3v) is 4.09. The van der Waals surface area contributed by atoms with Crippen molar-refractivity contribution in [3.8, 4) is 5.75 Å². The van der Waals surface area contributed by atoms with Crippen molar-refractivity contribution in [2.45, 2.75) is 71.1 Å². The Morgan fingerprint density at radius 3 is 2.40 bits per heavy atom. The van der Waals surface area contributed by atoms with E-state index in [4.69, 9.17) is 0 Å². The topological polar surface area (TPSA) is 44.3 Å². The number of nitrogens with one attached hydrogen (secondary N) is 2. The highest BCUT2D eigenvalue weighted by Gasteiger charge is 2.37. The molecule has 3 heteroatoms. The Kier molecular flexibility index (Phi) is 4.12. The minimum absolute atomic E-state index is 0.147. The molecule has 0 aliphatic carbocycles. The third kappa shape index (κ3) is 3.74. The van der Waals surface area contributed by atoms with E-state index in [0.717, 1.165) is 30.5 Å². The van der Waals surface area contributed by atoms with Gasteiger partial charge in [-0.15, -0.1) is 0 Å². The van der Waals surface area contributed by atoms with Gasteiger partial charge in [0.25, 0.3) is 0 Å². The lowest BCUT2D eigenvalue weighted by Crippen LogP contribution is -2.61. The summed E-state index contributed by atoms with van der Waals surface area (Å²) in [4.78, 5) is 0. The van der Waals surface area contributed by atoms with Gasteiger partial charge in [0, 0.05) is 29.2 Å². The molecule has 0 amide bonds. The highest BCUT2D eigenvalue weighted by atomic mass is 16.3. The Morgan fingerprint density at radius 2 is 1.80 bits per heavy atom. The molecule has 0 saturated carbocycles. The van der Waals surface area contributed by atoms with Crippen LogP contribution in [0.2, 0.25) is 0 Å². The zero-order chi connectivity index (χ0) is 15.0. The second-order valence-electron chi connectivity index (χ2n) is 7.46. The van der Waals surface area contributed by atoms with Crippen molar-refractivity contribution < 1.29 is 5.11 Å². The molecule has 0 atom stereocenters. The summed E-state index contributed by atoms with van der Waals surface area (Å²) in [6.07, 6.45) is 2.20. The van der Waals surface area contributed by atoms with Crippen molar-refractivity contribution in [1.29, 1.82) is 0 Å². The lowest BCUT2D eigenvalue weighted by atomic mass is 9.79. The molecule has 1 aliphatic rings. The standard InChI is InChI=1S/C17H28N2O/c1-12-7-6-8-13(15(12)20)11-18-14-9-16(2,3)19-17(4,5)10-14/h6-8,14,18-20H,9-11H2,1-5H3. The molecule has 0 radical (unpaired) electrons. The molecular weight excluding hydrogens is 248 g/mol. The highest BCUT2D eigenvalue weighted by molar-refractivity contribution is 5.39. The van der Waals surface area contributed by atoms with Crippen LogP contribution in [0.15, 0.2) is 18.2 Å². The van der Waals surface area contributed by atoms with Crippen LogP contribution in [0.5, 0.6) is 5.75 Å². The van der Waals surface area contributed by atoms with E-state index >= 15 is 0 Å². The summed E-state index contributed by atoms with van der Waals surface area (Å²) in [6.45, 7) is 11.7. The van der Waals surface area contributed by atoms with E-state index in [-0.39, 0.29) is 11.1 Å². The van der Waals surface area contributed by atoms with Crippen molar-refractivity contribution in [3.05, 3.63) is 29.3 Å². The number of phenolic OH excluding ortho intramolecular Hbond substituents is 1. The molecule has 1 aliphatic heterocycles. The maximum Gasteiger partial charge on any atom is 0.122 e. The summed E-state index contributed by atoms with van der Waals surface area (Å²) < 4.78 is 0. The lowest BCUT2D eigenvalue weighted by Gasteiger charge is -2.46. The maximum absolute atomic E-state index is 10.1. The summed E-state index contributed by atoms with van der Waals surface area (Å²) in [6, 6.07) is 6.41. The van der Waals surface area contributed by atoms with Gasteiger partial charge in [-0.1, -0.05) is 18.2 Å². The highest BCUT2D eigenvalue weighted by Crippen LogP contribution is 2.29. The number of rotatable bonds is 3. The Morgan fingerprint density at radius 1 is 1.20 bits per heavy atom.